The molecule has 0 fully saturated rings. The van der Waals surface area contributed by atoms with Crippen LogP contribution in [0.15, 0.2) is 11.5 Å². The van der Waals surface area contributed by atoms with Crippen LogP contribution in [-0.2, 0) is 4.79 Å². The lowest BCUT2D eigenvalue weighted by Gasteiger charge is -2.29. The molecule has 18 heavy (non-hydrogen) atoms. The first-order valence-corrected chi connectivity index (χ1v) is 5.78. The monoisotopic (exact) mass is 261 g/mol. The summed E-state index contributed by atoms with van der Waals surface area (Å²) in [6.45, 7) is 6.10. The zero-order chi connectivity index (χ0) is 14.5. The molecule has 5 N–H and O–H groups in total. The van der Waals surface area contributed by atoms with Crippen molar-refractivity contribution < 1.29 is 25.2 Å². The van der Waals surface area contributed by atoms with Gasteiger partial charge in [-0.15, -0.1) is 0 Å². The summed E-state index contributed by atoms with van der Waals surface area (Å²) >= 11 is 0. The summed E-state index contributed by atoms with van der Waals surface area (Å²) in [6, 6.07) is 0. The first kappa shape index (κ1) is 16.9. The maximum Gasteiger partial charge on any atom is 0.221 e. The molecule has 0 saturated heterocycles. The van der Waals surface area contributed by atoms with Crippen molar-refractivity contribution >= 4 is 5.91 Å². The van der Waals surface area contributed by atoms with Crippen LogP contribution in [0.3, 0.4) is 0 Å². The molecular formula is C12H23NO5. The fourth-order valence-corrected chi connectivity index (χ4v) is 1.33. The molecule has 2 atom stereocenters. The predicted molar refractivity (Wildman–Crippen MR) is 66.6 cm³/mol. The van der Waals surface area contributed by atoms with E-state index in [0.29, 0.717) is 0 Å². The fraction of sp³-hybridized carbons (Fsp3) is 0.750. The van der Waals surface area contributed by atoms with Crippen LogP contribution in [0.5, 0.6) is 0 Å². The number of hydrogen-bond donors (Lipinski definition) is 5. The quantitative estimate of drug-likeness (QED) is 0.449. The van der Waals surface area contributed by atoms with Gasteiger partial charge in [0.15, 0.2) is 0 Å². The zero-order valence-corrected chi connectivity index (χ0v) is 11.3. The van der Waals surface area contributed by atoms with Crippen molar-refractivity contribution in [2.75, 3.05) is 6.61 Å². The van der Waals surface area contributed by atoms with Gasteiger partial charge in [0.2, 0.25) is 5.91 Å². The van der Waals surface area contributed by atoms with Crippen LogP contribution in [0.1, 0.15) is 34.1 Å². The lowest BCUT2D eigenvalue weighted by atomic mass is 9.86. The normalized spacial score (nSPS) is 16.8. The van der Waals surface area contributed by atoms with E-state index in [9.17, 15) is 20.1 Å². The molecule has 2 unspecified atom stereocenters. The van der Waals surface area contributed by atoms with Crippen LogP contribution in [0.25, 0.3) is 0 Å². The van der Waals surface area contributed by atoms with Gasteiger partial charge in [0, 0.05) is 20.0 Å². The molecule has 0 aliphatic rings. The minimum atomic E-state index is -1.33. The van der Waals surface area contributed by atoms with Crippen molar-refractivity contribution in [1.82, 2.24) is 5.32 Å². The molecule has 1 amide bonds. The Morgan fingerprint density at radius 3 is 2.11 bits per heavy atom. The van der Waals surface area contributed by atoms with Gasteiger partial charge in [0.1, 0.15) is 18.0 Å². The standard InChI is InChI=1S/C12H23NO5/c1-7(15)13-9(11(18)12(2,3)4)10(17)8(16)5-6-14/h8,11,14,16-18H,5-6H2,1-4H3,(H,13,15)/b10-9-. The first-order valence-electron chi connectivity index (χ1n) is 5.78. The smallest absolute Gasteiger partial charge is 0.221 e. The van der Waals surface area contributed by atoms with Crippen molar-refractivity contribution in [3.63, 3.8) is 0 Å². The molecule has 0 rings (SSSR count). The van der Waals surface area contributed by atoms with Crippen molar-refractivity contribution in [1.29, 1.82) is 0 Å². The Bertz CT molecular complexity index is 319. The highest BCUT2D eigenvalue weighted by atomic mass is 16.3. The van der Waals surface area contributed by atoms with Crippen LogP contribution < -0.4 is 5.32 Å². The van der Waals surface area contributed by atoms with Gasteiger partial charge < -0.3 is 25.7 Å². The summed E-state index contributed by atoms with van der Waals surface area (Å²) in [7, 11) is 0. The Morgan fingerprint density at radius 2 is 1.78 bits per heavy atom. The number of nitrogens with one attached hydrogen (secondary N) is 1. The summed E-state index contributed by atoms with van der Waals surface area (Å²) in [5, 5.41) is 40.5. The summed E-state index contributed by atoms with van der Waals surface area (Å²) < 4.78 is 0. The molecular weight excluding hydrogens is 238 g/mol. The van der Waals surface area contributed by atoms with E-state index in [0.717, 1.165) is 0 Å². The van der Waals surface area contributed by atoms with E-state index in [1.54, 1.807) is 20.8 Å². The van der Waals surface area contributed by atoms with Crippen molar-refractivity contribution in [3.05, 3.63) is 11.5 Å². The molecule has 0 heterocycles. The Hall–Kier alpha value is -1.11. The van der Waals surface area contributed by atoms with Gasteiger partial charge in [-0.05, 0) is 5.41 Å². The van der Waals surface area contributed by atoms with Crippen molar-refractivity contribution in [2.24, 2.45) is 5.41 Å². The number of carbonyl (C=O) groups is 1. The SMILES string of the molecule is CC(=O)N/C(=C(\O)C(O)CCO)C(O)C(C)(C)C. The third-order valence-electron chi connectivity index (χ3n) is 2.40. The number of hydrogen-bond acceptors (Lipinski definition) is 5. The predicted octanol–water partition coefficient (Wildman–Crippen LogP) is 0.0424. The van der Waals surface area contributed by atoms with Gasteiger partial charge in [-0.2, -0.15) is 0 Å². The summed E-state index contributed by atoms with van der Waals surface area (Å²) in [6.07, 6.45) is -2.55. The molecule has 0 saturated carbocycles. The highest BCUT2D eigenvalue weighted by Gasteiger charge is 2.30. The van der Waals surface area contributed by atoms with E-state index in [1.807, 2.05) is 0 Å². The highest BCUT2D eigenvalue weighted by molar-refractivity contribution is 5.75. The van der Waals surface area contributed by atoms with Gasteiger partial charge in [-0.3, -0.25) is 4.79 Å². The second-order valence-corrected chi connectivity index (χ2v) is 5.28. The lowest BCUT2D eigenvalue weighted by Crippen LogP contribution is -2.39. The highest BCUT2D eigenvalue weighted by Crippen LogP contribution is 2.26. The minimum Gasteiger partial charge on any atom is -0.508 e. The van der Waals surface area contributed by atoms with Crippen LogP contribution >= 0.6 is 0 Å². The maximum absolute atomic E-state index is 11.1. The van der Waals surface area contributed by atoms with Gasteiger partial charge >= 0.3 is 0 Å². The third-order valence-corrected chi connectivity index (χ3v) is 2.40. The molecule has 6 nitrogen and oxygen atoms in total. The van der Waals surface area contributed by atoms with Crippen molar-refractivity contribution in [2.45, 2.75) is 46.3 Å². The second kappa shape index (κ2) is 6.72. The first-order chi connectivity index (χ1) is 8.11. The van der Waals surface area contributed by atoms with Crippen LogP contribution in [0, 0.1) is 5.41 Å². The van der Waals surface area contributed by atoms with Gasteiger partial charge in [-0.1, -0.05) is 20.8 Å². The van der Waals surface area contributed by atoms with Crippen LogP contribution in [-0.4, -0.2) is 45.1 Å². The number of amides is 1. The molecule has 0 aromatic heterocycles. The average molecular weight is 261 g/mol. The van der Waals surface area contributed by atoms with E-state index in [2.05, 4.69) is 5.32 Å². The summed E-state index contributed by atoms with van der Waals surface area (Å²) in [5.74, 6) is -0.988. The van der Waals surface area contributed by atoms with Gasteiger partial charge in [-0.25, -0.2) is 0 Å². The molecule has 0 aromatic rings. The van der Waals surface area contributed by atoms with E-state index >= 15 is 0 Å². The van der Waals surface area contributed by atoms with Crippen LogP contribution in [0.2, 0.25) is 0 Å². The summed E-state index contributed by atoms with van der Waals surface area (Å²) in [5.41, 5.74) is -0.749. The van der Waals surface area contributed by atoms with Crippen LogP contribution in [0.4, 0.5) is 0 Å². The molecule has 0 spiro atoms. The lowest BCUT2D eigenvalue weighted by molar-refractivity contribution is -0.118. The number of aliphatic hydroxyl groups excluding tert-OH is 4. The van der Waals surface area contributed by atoms with E-state index in [1.165, 1.54) is 6.92 Å². The zero-order valence-electron chi connectivity index (χ0n) is 11.3. The van der Waals surface area contributed by atoms with Gasteiger partial charge in [0.05, 0.1) is 5.70 Å². The molecule has 0 aromatic carbocycles. The third kappa shape index (κ3) is 5.03. The maximum atomic E-state index is 11.1. The molecule has 6 heteroatoms. The Morgan fingerprint density at radius 1 is 1.28 bits per heavy atom. The Kier molecular flexibility index (Phi) is 6.31. The van der Waals surface area contributed by atoms with E-state index < -0.39 is 29.3 Å². The largest absolute Gasteiger partial charge is 0.508 e. The fourth-order valence-electron chi connectivity index (χ4n) is 1.33. The second-order valence-electron chi connectivity index (χ2n) is 5.28. The molecule has 0 aliphatic heterocycles. The average Bonchev–Trinajstić information content (AvgIpc) is 2.22. The minimum absolute atomic E-state index is 0.0776. The number of rotatable bonds is 5. The topological polar surface area (TPSA) is 110 Å². The van der Waals surface area contributed by atoms with E-state index in [4.69, 9.17) is 5.11 Å². The molecule has 0 radical (unpaired) electrons. The Balaban J connectivity index is 5.32. The van der Waals surface area contributed by atoms with E-state index in [-0.39, 0.29) is 18.7 Å². The van der Waals surface area contributed by atoms with Gasteiger partial charge in [0.25, 0.3) is 0 Å². The van der Waals surface area contributed by atoms with Crippen molar-refractivity contribution in [3.8, 4) is 0 Å². The molecule has 0 bridgehead atoms. The number of aliphatic hydroxyl groups is 4. The molecule has 0 aliphatic carbocycles. The Labute approximate surface area is 107 Å². The number of carbonyl (C=O) groups excluding carboxylic acids is 1. The summed E-state index contributed by atoms with van der Waals surface area (Å²) in [4.78, 5) is 11.1. The molecule has 106 valence electrons.